The number of benzene rings is 2. The highest BCUT2D eigenvalue weighted by Crippen LogP contribution is 2.29. The maximum absolute atomic E-state index is 12.4. The molecule has 0 aliphatic carbocycles. The number of rotatable bonds is 3. The predicted molar refractivity (Wildman–Crippen MR) is 82.9 cm³/mol. The number of anilines is 2. The quantitative estimate of drug-likeness (QED) is 0.758. The molecular formula is C16H15N3O3. The van der Waals surface area contributed by atoms with E-state index in [0.717, 1.165) is 11.4 Å². The highest BCUT2D eigenvalue weighted by atomic mass is 16.5. The summed E-state index contributed by atoms with van der Waals surface area (Å²) in [5, 5.41) is 8.73. The lowest BCUT2D eigenvalue weighted by molar-refractivity contribution is 0.103. The van der Waals surface area contributed by atoms with Gasteiger partial charge in [0.25, 0.3) is 0 Å². The molecule has 0 saturated heterocycles. The molecule has 112 valence electrons. The topological polar surface area (TPSA) is 79.5 Å². The fourth-order valence-electron chi connectivity index (χ4n) is 2.28. The first-order chi connectivity index (χ1) is 10.7. The third kappa shape index (κ3) is 2.71. The molecule has 0 radical (unpaired) electrons. The van der Waals surface area contributed by atoms with Crippen LogP contribution in [0.5, 0.6) is 0 Å². The minimum atomic E-state index is -0.543. The van der Waals surface area contributed by atoms with Crippen molar-refractivity contribution in [3.63, 3.8) is 0 Å². The first-order valence-corrected chi connectivity index (χ1v) is 6.79. The van der Waals surface area contributed by atoms with Crippen LogP contribution in [0.3, 0.4) is 0 Å². The summed E-state index contributed by atoms with van der Waals surface area (Å²) < 4.78 is 4.55. The molecular weight excluding hydrogens is 282 g/mol. The van der Waals surface area contributed by atoms with Crippen molar-refractivity contribution in [2.75, 3.05) is 17.7 Å². The van der Waals surface area contributed by atoms with Gasteiger partial charge in [0, 0.05) is 11.1 Å². The molecule has 3 rings (SSSR count). The van der Waals surface area contributed by atoms with Crippen molar-refractivity contribution in [2.24, 2.45) is 0 Å². The summed E-state index contributed by atoms with van der Waals surface area (Å²) >= 11 is 0. The van der Waals surface area contributed by atoms with Gasteiger partial charge in [0.2, 0.25) is 0 Å². The van der Waals surface area contributed by atoms with Gasteiger partial charge in [-0.25, -0.2) is 4.79 Å². The van der Waals surface area contributed by atoms with Crippen molar-refractivity contribution in [1.29, 1.82) is 0 Å². The summed E-state index contributed by atoms with van der Waals surface area (Å²) in [4.78, 5) is 23.6. The molecule has 6 nitrogen and oxygen atoms in total. The summed E-state index contributed by atoms with van der Waals surface area (Å²) in [6.45, 7) is 0. The van der Waals surface area contributed by atoms with Gasteiger partial charge >= 0.3 is 6.09 Å². The number of amides is 1. The molecule has 6 heteroatoms. The van der Waals surface area contributed by atoms with Gasteiger partial charge < -0.3 is 15.4 Å². The number of carbonyl (C=O) groups is 2. The van der Waals surface area contributed by atoms with Crippen LogP contribution in [0.15, 0.2) is 48.5 Å². The van der Waals surface area contributed by atoms with Gasteiger partial charge in [-0.3, -0.25) is 10.1 Å². The summed E-state index contributed by atoms with van der Waals surface area (Å²) in [5.41, 5.74) is 2.78. The predicted octanol–water partition coefficient (Wildman–Crippen LogP) is 2.39. The normalized spacial score (nSPS) is 15.2. The molecule has 2 aromatic carbocycles. The summed E-state index contributed by atoms with van der Waals surface area (Å²) in [6, 6.07) is 14.4. The Labute approximate surface area is 127 Å². The zero-order valence-corrected chi connectivity index (χ0v) is 11.9. The van der Waals surface area contributed by atoms with Crippen LogP contribution in [0.2, 0.25) is 0 Å². The van der Waals surface area contributed by atoms with Crippen molar-refractivity contribution < 1.29 is 14.3 Å². The molecule has 0 saturated carbocycles. The SMILES string of the molecule is COC(=O)NC1Nc2ccc(C(=O)c3ccccc3)cc2N1. The largest absolute Gasteiger partial charge is 0.453 e. The molecule has 0 bridgehead atoms. The lowest BCUT2D eigenvalue weighted by atomic mass is 10.0. The van der Waals surface area contributed by atoms with E-state index < -0.39 is 12.4 Å². The van der Waals surface area contributed by atoms with Crippen LogP contribution in [0.1, 0.15) is 15.9 Å². The number of ether oxygens (including phenoxy) is 1. The van der Waals surface area contributed by atoms with Crippen LogP contribution in [0.4, 0.5) is 16.2 Å². The van der Waals surface area contributed by atoms with Crippen LogP contribution >= 0.6 is 0 Å². The maximum atomic E-state index is 12.4. The van der Waals surface area contributed by atoms with Crippen LogP contribution < -0.4 is 16.0 Å². The minimum absolute atomic E-state index is 0.0467. The molecule has 1 aliphatic heterocycles. The Morgan fingerprint density at radius 2 is 1.73 bits per heavy atom. The molecule has 3 N–H and O–H groups in total. The Morgan fingerprint density at radius 3 is 2.45 bits per heavy atom. The molecule has 0 fully saturated rings. The van der Waals surface area contributed by atoms with Crippen molar-refractivity contribution >= 4 is 23.3 Å². The fourth-order valence-corrected chi connectivity index (χ4v) is 2.28. The molecule has 2 aromatic rings. The van der Waals surface area contributed by atoms with Gasteiger partial charge in [-0.15, -0.1) is 0 Å². The van der Waals surface area contributed by atoms with E-state index in [4.69, 9.17) is 0 Å². The Morgan fingerprint density at radius 1 is 1.00 bits per heavy atom. The number of hydrogen-bond donors (Lipinski definition) is 3. The average Bonchev–Trinajstić information content (AvgIpc) is 2.96. The first-order valence-electron chi connectivity index (χ1n) is 6.79. The van der Waals surface area contributed by atoms with E-state index in [1.165, 1.54) is 7.11 Å². The number of ketones is 1. The smallest absolute Gasteiger partial charge is 0.409 e. The number of nitrogens with one attached hydrogen (secondary N) is 3. The average molecular weight is 297 g/mol. The number of carbonyl (C=O) groups excluding carboxylic acids is 2. The van der Waals surface area contributed by atoms with Crippen molar-refractivity contribution in [2.45, 2.75) is 6.29 Å². The third-order valence-electron chi connectivity index (χ3n) is 3.36. The highest BCUT2D eigenvalue weighted by molar-refractivity contribution is 6.10. The maximum Gasteiger partial charge on any atom is 0.409 e. The second-order valence-electron chi connectivity index (χ2n) is 4.81. The second kappa shape index (κ2) is 5.77. The monoisotopic (exact) mass is 297 g/mol. The van der Waals surface area contributed by atoms with Crippen LogP contribution in [0.25, 0.3) is 0 Å². The lowest BCUT2D eigenvalue weighted by Gasteiger charge is -2.12. The molecule has 1 aliphatic rings. The molecule has 1 amide bonds. The van der Waals surface area contributed by atoms with E-state index >= 15 is 0 Å². The summed E-state index contributed by atoms with van der Waals surface area (Å²) in [5.74, 6) is -0.0467. The van der Waals surface area contributed by atoms with Crippen molar-refractivity contribution in [1.82, 2.24) is 5.32 Å². The highest BCUT2D eigenvalue weighted by Gasteiger charge is 2.22. The van der Waals surface area contributed by atoms with Crippen molar-refractivity contribution in [3.8, 4) is 0 Å². The van der Waals surface area contributed by atoms with E-state index in [1.807, 2.05) is 18.2 Å². The molecule has 0 spiro atoms. The van der Waals surface area contributed by atoms with E-state index in [2.05, 4.69) is 20.7 Å². The Bertz CT molecular complexity index is 716. The van der Waals surface area contributed by atoms with Gasteiger partial charge in [0.15, 0.2) is 12.1 Å². The van der Waals surface area contributed by atoms with Crippen molar-refractivity contribution in [3.05, 3.63) is 59.7 Å². The minimum Gasteiger partial charge on any atom is -0.453 e. The number of fused-ring (bicyclic) bond motifs is 1. The lowest BCUT2D eigenvalue weighted by Crippen LogP contribution is -2.42. The summed E-state index contributed by atoms with van der Waals surface area (Å²) in [6.07, 6.45) is -1.01. The number of alkyl carbamates (subject to hydrolysis) is 1. The third-order valence-corrected chi connectivity index (χ3v) is 3.36. The molecule has 1 heterocycles. The molecule has 22 heavy (non-hydrogen) atoms. The van der Waals surface area contributed by atoms with Gasteiger partial charge in [-0.2, -0.15) is 0 Å². The zero-order chi connectivity index (χ0) is 15.5. The fraction of sp³-hybridized carbons (Fsp3) is 0.125. The molecule has 1 unspecified atom stereocenters. The van der Waals surface area contributed by atoms with E-state index in [-0.39, 0.29) is 5.78 Å². The van der Waals surface area contributed by atoms with E-state index in [9.17, 15) is 9.59 Å². The van der Waals surface area contributed by atoms with Crippen LogP contribution in [-0.2, 0) is 4.74 Å². The summed E-state index contributed by atoms with van der Waals surface area (Å²) in [7, 11) is 1.30. The van der Waals surface area contributed by atoms with Gasteiger partial charge in [0.1, 0.15) is 0 Å². The Kier molecular flexibility index (Phi) is 3.65. The first kappa shape index (κ1) is 13.9. The number of methoxy groups -OCH3 is 1. The Balaban J connectivity index is 1.78. The zero-order valence-electron chi connectivity index (χ0n) is 11.9. The van der Waals surface area contributed by atoms with Gasteiger partial charge in [-0.1, -0.05) is 30.3 Å². The van der Waals surface area contributed by atoms with Crippen LogP contribution in [0, 0.1) is 0 Å². The van der Waals surface area contributed by atoms with E-state index in [1.54, 1.807) is 30.3 Å². The van der Waals surface area contributed by atoms with E-state index in [0.29, 0.717) is 11.1 Å². The van der Waals surface area contributed by atoms with Crippen LogP contribution in [-0.4, -0.2) is 25.3 Å². The van der Waals surface area contributed by atoms with Gasteiger partial charge in [0.05, 0.1) is 18.5 Å². The molecule has 0 aromatic heterocycles. The van der Waals surface area contributed by atoms with Gasteiger partial charge in [-0.05, 0) is 18.2 Å². The standard InChI is InChI=1S/C16H15N3O3/c1-22-16(21)19-15-17-12-8-7-11(9-13(12)18-15)14(20)10-5-3-2-4-6-10/h2-9,15,17-18H,1H3,(H,19,21). The Hall–Kier alpha value is -3.02. The molecule has 1 atom stereocenters. The number of hydrogen-bond acceptors (Lipinski definition) is 5. The second-order valence-corrected chi connectivity index (χ2v) is 4.81.